The molecule has 1 aromatic carbocycles. The summed E-state index contributed by atoms with van der Waals surface area (Å²) in [5.74, 6) is 0.855. The number of amides is 2. The Morgan fingerprint density at radius 1 is 1.27 bits per heavy atom. The summed E-state index contributed by atoms with van der Waals surface area (Å²) in [6, 6.07) is 6.54. The largest absolute Gasteiger partial charge is 0.418 e. The second-order valence-corrected chi connectivity index (χ2v) is 6.41. The zero-order valence-corrected chi connectivity index (χ0v) is 14.0. The number of nitrogens with zero attached hydrogens (tertiary/aromatic N) is 2. The van der Waals surface area contributed by atoms with Crippen molar-refractivity contribution in [3.63, 3.8) is 0 Å². The highest BCUT2D eigenvalue weighted by atomic mass is 19.4. The van der Waals surface area contributed by atoms with Crippen molar-refractivity contribution in [1.82, 2.24) is 15.1 Å². The Morgan fingerprint density at radius 3 is 2.50 bits per heavy atom. The van der Waals surface area contributed by atoms with E-state index in [-0.39, 0.29) is 17.6 Å². The van der Waals surface area contributed by atoms with Crippen LogP contribution >= 0.6 is 0 Å². The molecule has 0 saturated heterocycles. The Labute approximate surface area is 148 Å². The number of hydrogen-bond acceptors (Lipinski definition) is 3. The van der Waals surface area contributed by atoms with Crippen LogP contribution in [0.5, 0.6) is 0 Å². The van der Waals surface area contributed by atoms with Crippen molar-refractivity contribution in [3.05, 3.63) is 42.1 Å². The summed E-state index contributed by atoms with van der Waals surface area (Å²) in [6.07, 6.45) is -3.42. The lowest BCUT2D eigenvalue weighted by atomic mass is 10.1. The lowest BCUT2D eigenvalue weighted by Gasteiger charge is -2.15. The predicted molar refractivity (Wildman–Crippen MR) is 88.9 cm³/mol. The molecule has 1 aliphatic rings. The van der Waals surface area contributed by atoms with Gasteiger partial charge in [0.2, 0.25) is 0 Å². The van der Waals surface area contributed by atoms with Gasteiger partial charge in [-0.05, 0) is 43.4 Å². The minimum absolute atomic E-state index is 0.102. The number of aromatic nitrogens is 2. The van der Waals surface area contributed by atoms with Gasteiger partial charge < -0.3 is 10.4 Å². The summed E-state index contributed by atoms with van der Waals surface area (Å²) in [4.78, 5) is 11.9. The van der Waals surface area contributed by atoms with Gasteiger partial charge in [0, 0.05) is 18.3 Å². The van der Waals surface area contributed by atoms with Gasteiger partial charge in [-0.15, -0.1) is 5.10 Å². The molecular weight excluding hydrogens is 349 g/mol. The molecule has 1 heterocycles. The van der Waals surface area contributed by atoms with Gasteiger partial charge >= 0.3 is 12.2 Å². The third-order valence-corrected chi connectivity index (χ3v) is 4.30. The van der Waals surface area contributed by atoms with Crippen LogP contribution in [0.4, 0.5) is 23.8 Å². The zero-order chi connectivity index (χ0) is 18.9. The molecule has 140 valence electrons. The summed E-state index contributed by atoms with van der Waals surface area (Å²) in [6.45, 7) is 1.95. The quantitative estimate of drug-likeness (QED) is 0.757. The van der Waals surface area contributed by atoms with Crippen molar-refractivity contribution < 1.29 is 23.1 Å². The third-order valence-electron chi connectivity index (χ3n) is 4.30. The minimum Gasteiger partial charge on any atom is -0.379 e. The number of carbonyl (C=O) groups excluding carboxylic acids is 1. The van der Waals surface area contributed by atoms with Crippen LogP contribution in [0, 0.1) is 5.92 Å². The molecule has 0 bridgehead atoms. The van der Waals surface area contributed by atoms with E-state index >= 15 is 0 Å². The lowest BCUT2D eigenvalue weighted by molar-refractivity contribution is -0.206. The minimum atomic E-state index is -4.71. The van der Waals surface area contributed by atoms with E-state index in [9.17, 15) is 23.1 Å². The van der Waals surface area contributed by atoms with Crippen LogP contribution in [0.1, 0.15) is 31.4 Å². The first-order valence-corrected chi connectivity index (χ1v) is 8.22. The molecule has 1 aliphatic carbocycles. The van der Waals surface area contributed by atoms with Gasteiger partial charge in [-0.1, -0.05) is 12.1 Å². The topological polar surface area (TPSA) is 79.2 Å². The number of urea groups is 1. The predicted octanol–water partition coefficient (Wildman–Crippen LogP) is 3.39. The van der Waals surface area contributed by atoms with E-state index in [4.69, 9.17) is 0 Å². The van der Waals surface area contributed by atoms with Gasteiger partial charge in [-0.3, -0.25) is 5.32 Å². The van der Waals surface area contributed by atoms with Gasteiger partial charge in [0.1, 0.15) is 0 Å². The van der Waals surface area contributed by atoms with Crippen molar-refractivity contribution in [1.29, 1.82) is 0 Å². The molecular formula is C17H19F3N4O2. The molecule has 1 saturated carbocycles. The molecule has 0 radical (unpaired) electrons. The number of carbonyl (C=O) groups is 1. The third kappa shape index (κ3) is 4.34. The molecule has 1 fully saturated rings. The van der Waals surface area contributed by atoms with Crippen molar-refractivity contribution >= 4 is 11.8 Å². The van der Waals surface area contributed by atoms with Crippen LogP contribution in [0.25, 0.3) is 5.69 Å². The fourth-order valence-electron chi connectivity index (χ4n) is 2.61. The standard InChI is InChI=1S/C17H19F3N4O2/c1-10(11-2-3-11)21-16(26)22-14-8-9-24(23-14)13-6-4-12(5-7-13)15(25)17(18,19)20/h4-11,15,25H,2-3H2,1H3,(H2,21,22,23,26)/t10-,15?/m0/s1. The summed E-state index contributed by atoms with van der Waals surface area (Å²) in [5.41, 5.74) is 0.253. The first kappa shape index (κ1) is 18.2. The number of alkyl halides is 3. The Morgan fingerprint density at radius 2 is 1.92 bits per heavy atom. The molecule has 1 aromatic heterocycles. The summed E-state index contributed by atoms with van der Waals surface area (Å²) in [7, 11) is 0. The highest BCUT2D eigenvalue weighted by Crippen LogP contribution is 2.33. The maximum absolute atomic E-state index is 12.5. The number of aliphatic hydroxyl groups is 1. The van der Waals surface area contributed by atoms with Crippen LogP contribution in [0.3, 0.4) is 0 Å². The average Bonchev–Trinajstić information content (AvgIpc) is 3.34. The summed E-state index contributed by atoms with van der Waals surface area (Å²) in [5, 5.41) is 18.9. The fourth-order valence-corrected chi connectivity index (χ4v) is 2.61. The van der Waals surface area contributed by atoms with E-state index in [2.05, 4.69) is 15.7 Å². The molecule has 2 atom stereocenters. The summed E-state index contributed by atoms with van der Waals surface area (Å²) < 4.78 is 39.0. The van der Waals surface area contributed by atoms with E-state index in [0.29, 0.717) is 17.4 Å². The van der Waals surface area contributed by atoms with Crippen LogP contribution in [0.15, 0.2) is 36.5 Å². The number of hydrogen-bond donors (Lipinski definition) is 3. The Balaban J connectivity index is 1.63. The highest BCUT2D eigenvalue weighted by Gasteiger charge is 2.39. The van der Waals surface area contributed by atoms with E-state index in [1.54, 1.807) is 12.3 Å². The van der Waals surface area contributed by atoms with Crippen molar-refractivity contribution in [2.24, 2.45) is 5.92 Å². The van der Waals surface area contributed by atoms with E-state index < -0.39 is 12.3 Å². The Kier molecular flexibility index (Phi) is 4.90. The monoisotopic (exact) mass is 368 g/mol. The normalized spacial score (nSPS) is 16.8. The molecule has 2 aromatic rings. The molecule has 2 amide bonds. The first-order valence-electron chi connectivity index (χ1n) is 8.22. The second kappa shape index (κ2) is 6.99. The SMILES string of the molecule is C[C@H](NC(=O)Nc1ccn(-c2ccc(C(O)C(F)(F)F)cc2)n1)C1CC1. The number of benzene rings is 1. The van der Waals surface area contributed by atoms with Gasteiger partial charge in [-0.25, -0.2) is 9.48 Å². The smallest absolute Gasteiger partial charge is 0.379 e. The van der Waals surface area contributed by atoms with Gasteiger partial charge in [0.25, 0.3) is 0 Å². The van der Waals surface area contributed by atoms with Crippen LogP contribution in [-0.4, -0.2) is 33.1 Å². The van der Waals surface area contributed by atoms with Crippen molar-refractivity contribution in [2.45, 2.75) is 38.1 Å². The molecule has 26 heavy (non-hydrogen) atoms. The molecule has 0 aliphatic heterocycles. The number of halogens is 3. The number of anilines is 1. The number of aliphatic hydroxyl groups excluding tert-OH is 1. The summed E-state index contributed by atoms with van der Waals surface area (Å²) >= 11 is 0. The maximum atomic E-state index is 12.5. The Hall–Kier alpha value is -2.55. The van der Waals surface area contributed by atoms with E-state index in [0.717, 1.165) is 12.8 Å². The Bertz CT molecular complexity index is 769. The zero-order valence-electron chi connectivity index (χ0n) is 14.0. The molecule has 9 heteroatoms. The lowest BCUT2D eigenvalue weighted by Crippen LogP contribution is -2.37. The average molecular weight is 368 g/mol. The van der Waals surface area contributed by atoms with E-state index in [1.165, 1.54) is 28.9 Å². The molecule has 3 N–H and O–H groups in total. The molecule has 0 spiro atoms. The highest BCUT2D eigenvalue weighted by molar-refractivity contribution is 5.88. The van der Waals surface area contributed by atoms with Crippen LogP contribution < -0.4 is 10.6 Å². The molecule has 6 nitrogen and oxygen atoms in total. The van der Waals surface area contributed by atoms with Gasteiger partial charge in [0.15, 0.2) is 11.9 Å². The number of rotatable bonds is 5. The molecule has 1 unspecified atom stereocenters. The van der Waals surface area contributed by atoms with Crippen molar-refractivity contribution in [2.75, 3.05) is 5.32 Å². The van der Waals surface area contributed by atoms with Crippen molar-refractivity contribution in [3.8, 4) is 5.69 Å². The first-order chi connectivity index (χ1) is 12.2. The van der Waals surface area contributed by atoms with Crippen LogP contribution in [0.2, 0.25) is 0 Å². The van der Waals surface area contributed by atoms with Gasteiger partial charge in [-0.2, -0.15) is 13.2 Å². The second-order valence-electron chi connectivity index (χ2n) is 6.41. The van der Waals surface area contributed by atoms with Crippen LogP contribution in [-0.2, 0) is 0 Å². The molecule has 3 rings (SSSR count). The van der Waals surface area contributed by atoms with E-state index in [1.807, 2.05) is 6.92 Å². The fraction of sp³-hybridized carbons (Fsp3) is 0.412. The van der Waals surface area contributed by atoms with Gasteiger partial charge in [0.05, 0.1) is 5.69 Å². The maximum Gasteiger partial charge on any atom is 0.418 e. The number of nitrogens with one attached hydrogen (secondary N) is 2.